The molecule has 0 aliphatic heterocycles. The Morgan fingerprint density at radius 1 is 1.40 bits per heavy atom. The van der Waals surface area contributed by atoms with Gasteiger partial charge in [0.1, 0.15) is 0 Å². The summed E-state index contributed by atoms with van der Waals surface area (Å²) in [4.78, 5) is 0. The van der Waals surface area contributed by atoms with E-state index in [0.717, 1.165) is 0 Å². The number of nitrogens with one attached hydrogen (secondary N) is 1. The van der Waals surface area contributed by atoms with Gasteiger partial charge in [-0.15, -0.1) is 0 Å². The van der Waals surface area contributed by atoms with Crippen molar-refractivity contribution < 1.29 is 0 Å². The van der Waals surface area contributed by atoms with Crippen LogP contribution >= 0.6 is 15.9 Å². The van der Waals surface area contributed by atoms with E-state index in [1.54, 1.807) is 0 Å². The van der Waals surface area contributed by atoms with E-state index < -0.39 is 0 Å². The van der Waals surface area contributed by atoms with Crippen LogP contribution in [0.25, 0.3) is 0 Å². The Balaban J connectivity index is 2.31. The highest BCUT2D eigenvalue weighted by Crippen LogP contribution is 2.14. The van der Waals surface area contributed by atoms with Gasteiger partial charge in [-0.05, 0) is 50.4 Å². The third kappa shape index (κ3) is 4.80. The Morgan fingerprint density at radius 3 is 2.80 bits per heavy atom. The monoisotopic (exact) mass is 269 g/mol. The minimum Gasteiger partial charge on any atom is -0.317 e. The lowest BCUT2D eigenvalue weighted by atomic mass is 10.0. The van der Waals surface area contributed by atoms with E-state index in [1.807, 2.05) is 7.05 Å². The molecule has 0 spiro atoms. The molecule has 1 unspecified atom stereocenters. The topological polar surface area (TPSA) is 12.0 Å². The molecule has 2 heteroatoms. The van der Waals surface area contributed by atoms with Gasteiger partial charge in [0.25, 0.3) is 0 Å². The molecule has 1 rings (SSSR count). The Bertz CT molecular complexity index is 282. The summed E-state index contributed by atoms with van der Waals surface area (Å²) in [6.45, 7) is 2.24. The van der Waals surface area contributed by atoms with Gasteiger partial charge in [0.2, 0.25) is 0 Å². The molecular weight excluding hydrogens is 250 g/mol. The van der Waals surface area contributed by atoms with Gasteiger partial charge in [-0.2, -0.15) is 0 Å². The maximum atomic E-state index is 3.50. The molecule has 0 heterocycles. The van der Waals surface area contributed by atoms with Gasteiger partial charge in [-0.1, -0.05) is 35.0 Å². The van der Waals surface area contributed by atoms with Gasteiger partial charge in [0.05, 0.1) is 0 Å². The highest BCUT2D eigenvalue weighted by Gasteiger charge is 2.02. The van der Waals surface area contributed by atoms with Crippen LogP contribution in [0.2, 0.25) is 0 Å². The van der Waals surface area contributed by atoms with Gasteiger partial charge in [-0.3, -0.25) is 0 Å². The molecule has 1 atom stereocenters. The summed E-state index contributed by atoms with van der Waals surface area (Å²) in [5, 5.41) is 3.34. The summed E-state index contributed by atoms with van der Waals surface area (Å²) in [6, 6.07) is 9.27. The molecule has 84 valence electrons. The van der Waals surface area contributed by atoms with Crippen molar-refractivity contribution in [2.24, 2.45) is 0 Å². The van der Waals surface area contributed by atoms with Crippen LogP contribution in [-0.4, -0.2) is 13.1 Å². The van der Waals surface area contributed by atoms with E-state index in [9.17, 15) is 0 Å². The standard InChI is InChI=1S/C13H20BrN/c1-3-13(15-2)9-5-7-11-6-4-8-12(14)10-11/h4,6,8,10,13,15H,3,5,7,9H2,1-2H3. The van der Waals surface area contributed by atoms with Crippen molar-refractivity contribution in [3.63, 3.8) is 0 Å². The van der Waals surface area contributed by atoms with Crippen molar-refractivity contribution in [1.29, 1.82) is 0 Å². The fourth-order valence-corrected chi connectivity index (χ4v) is 2.24. The van der Waals surface area contributed by atoms with Crippen molar-refractivity contribution in [2.75, 3.05) is 7.05 Å². The second-order valence-corrected chi connectivity index (χ2v) is 4.83. The van der Waals surface area contributed by atoms with Crippen molar-refractivity contribution in [2.45, 2.75) is 38.6 Å². The SMILES string of the molecule is CCC(CCCc1cccc(Br)c1)NC. The summed E-state index contributed by atoms with van der Waals surface area (Å²) in [5.41, 5.74) is 1.43. The lowest BCUT2D eigenvalue weighted by Crippen LogP contribution is -2.23. The minimum absolute atomic E-state index is 0.678. The third-order valence-corrected chi connectivity index (χ3v) is 3.30. The molecule has 0 aromatic heterocycles. The predicted octanol–water partition coefficient (Wildman–Crippen LogP) is 3.77. The first kappa shape index (κ1) is 12.7. The second-order valence-electron chi connectivity index (χ2n) is 3.92. The molecule has 0 amide bonds. The summed E-state index contributed by atoms with van der Waals surface area (Å²) in [5.74, 6) is 0. The van der Waals surface area contributed by atoms with E-state index >= 15 is 0 Å². The van der Waals surface area contributed by atoms with Crippen molar-refractivity contribution in [3.8, 4) is 0 Å². The molecule has 1 aromatic rings. The van der Waals surface area contributed by atoms with E-state index in [1.165, 1.54) is 35.7 Å². The normalized spacial score (nSPS) is 12.7. The molecule has 1 nitrogen and oxygen atoms in total. The average Bonchev–Trinajstić information content (AvgIpc) is 2.25. The molecule has 15 heavy (non-hydrogen) atoms. The molecule has 0 fully saturated rings. The Hall–Kier alpha value is -0.340. The molecule has 0 bridgehead atoms. The number of hydrogen-bond donors (Lipinski definition) is 1. The molecule has 1 aromatic carbocycles. The molecule has 0 aliphatic rings. The number of rotatable bonds is 6. The quantitative estimate of drug-likeness (QED) is 0.829. The highest BCUT2D eigenvalue weighted by atomic mass is 79.9. The molecule has 0 radical (unpaired) electrons. The largest absolute Gasteiger partial charge is 0.317 e. The smallest absolute Gasteiger partial charge is 0.0177 e. The summed E-state index contributed by atoms with van der Waals surface area (Å²) < 4.78 is 1.18. The minimum atomic E-state index is 0.678. The zero-order valence-electron chi connectivity index (χ0n) is 9.59. The Kier molecular flexibility index (Phi) is 5.96. The van der Waals surface area contributed by atoms with Gasteiger partial charge in [0.15, 0.2) is 0 Å². The predicted molar refractivity (Wildman–Crippen MR) is 70.2 cm³/mol. The Labute approximate surface area is 101 Å². The lowest BCUT2D eigenvalue weighted by Gasteiger charge is -2.13. The number of hydrogen-bond acceptors (Lipinski definition) is 1. The first-order chi connectivity index (χ1) is 7.26. The average molecular weight is 270 g/mol. The maximum absolute atomic E-state index is 3.50. The van der Waals surface area contributed by atoms with Crippen LogP contribution in [0.1, 0.15) is 31.7 Å². The first-order valence-electron chi connectivity index (χ1n) is 5.68. The molecular formula is C13H20BrN. The van der Waals surface area contributed by atoms with E-state index in [0.29, 0.717) is 6.04 Å². The number of aryl methyl sites for hydroxylation is 1. The zero-order valence-corrected chi connectivity index (χ0v) is 11.2. The van der Waals surface area contributed by atoms with E-state index in [-0.39, 0.29) is 0 Å². The van der Waals surface area contributed by atoms with Gasteiger partial charge in [0, 0.05) is 10.5 Å². The highest BCUT2D eigenvalue weighted by molar-refractivity contribution is 9.10. The van der Waals surface area contributed by atoms with Crippen LogP contribution in [-0.2, 0) is 6.42 Å². The summed E-state index contributed by atoms with van der Waals surface area (Å²) in [6.07, 6.45) is 4.92. The zero-order chi connectivity index (χ0) is 11.1. The van der Waals surface area contributed by atoms with Crippen molar-refractivity contribution >= 4 is 15.9 Å². The fourth-order valence-electron chi connectivity index (χ4n) is 1.80. The van der Waals surface area contributed by atoms with Crippen molar-refractivity contribution in [1.82, 2.24) is 5.32 Å². The van der Waals surface area contributed by atoms with Gasteiger partial charge in [-0.25, -0.2) is 0 Å². The summed E-state index contributed by atoms with van der Waals surface area (Å²) in [7, 11) is 2.05. The lowest BCUT2D eigenvalue weighted by molar-refractivity contribution is 0.492. The van der Waals surface area contributed by atoms with Crippen molar-refractivity contribution in [3.05, 3.63) is 34.3 Å². The Morgan fingerprint density at radius 2 is 2.20 bits per heavy atom. The number of halogens is 1. The van der Waals surface area contributed by atoms with E-state index in [4.69, 9.17) is 0 Å². The van der Waals surface area contributed by atoms with Crippen LogP contribution < -0.4 is 5.32 Å². The van der Waals surface area contributed by atoms with Crippen LogP contribution in [0.4, 0.5) is 0 Å². The third-order valence-electron chi connectivity index (χ3n) is 2.81. The van der Waals surface area contributed by atoms with Gasteiger partial charge >= 0.3 is 0 Å². The first-order valence-corrected chi connectivity index (χ1v) is 6.47. The van der Waals surface area contributed by atoms with Crippen LogP contribution in [0.3, 0.4) is 0 Å². The molecule has 0 aliphatic carbocycles. The maximum Gasteiger partial charge on any atom is 0.0177 e. The number of benzene rings is 1. The fraction of sp³-hybridized carbons (Fsp3) is 0.538. The van der Waals surface area contributed by atoms with E-state index in [2.05, 4.69) is 52.4 Å². The van der Waals surface area contributed by atoms with Gasteiger partial charge < -0.3 is 5.32 Å². The molecule has 0 saturated heterocycles. The summed E-state index contributed by atoms with van der Waals surface area (Å²) >= 11 is 3.50. The van der Waals surface area contributed by atoms with Crippen LogP contribution in [0.5, 0.6) is 0 Å². The molecule has 1 N–H and O–H groups in total. The second kappa shape index (κ2) is 7.02. The molecule has 0 saturated carbocycles. The van der Waals surface area contributed by atoms with Crippen LogP contribution in [0, 0.1) is 0 Å². The van der Waals surface area contributed by atoms with Crippen LogP contribution in [0.15, 0.2) is 28.7 Å².